The minimum absolute atomic E-state index is 0.196. The van der Waals surface area contributed by atoms with E-state index in [-0.39, 0.29) is 17.0 Å². The van der Waals surface area contributed by atoms with E-state index in [0.29, 0.717) is 22.5 Å². The second kappa shape index (κ2) is 7.94. The Balaban J connectivity index is 1.61. The summed E-state index contributed by atoms with van der Waals surface area (Å²) in [5.41, 5.74) is 3.00. The number of oxazole rings is 1. The van der Waals surface area contributed by atoms with E-state index in [1.54, 1.807) is 30.1 Å². The molecule has 2 aromatic heterocycles. The maximum absolute atomic E-state index is 14.3. The summed E-state index contributed by atoms with van der Waals surface area (Å²) in [6.07, 6.45) is 1.54. The van der Waals surface area contributed by atoms with Gasteiger partial charge in [0.1, 0.15) is 23.5 Å². The van der Waals surface area contributed by atoms with Gasteiger partial charge in [0.25, 0.3) is 0 Å². The molecule has 0 aliphatic rings. The molecule has 0 bridgehead atoms. The number of halogens is 2. The van der Waals surface area contributed by atoms with E-state index < -0.39 is 17.6 Å². The Morgan fingerprint density at radius 2 is 1.85 bits per heavy atom. The van der Waals surface area contributed by atoms with Crippen molar-refractivity contribution in [1.29, 1.82) is 0 Å². The number of ether oxygens (including phenoxy) is 1. The summed E-state index contributed by atoms with van der Waals surface area (Å²) >= 11 is 0. The molecule has 0 aliphatic heterocycles. The lowest BCUT2D eigenvalue weighted by Crippen LogP contribution is -2.04. The molecule has 0 N–H and O–H groups in total. The highest BCUT2D eigenvalue weighted by Gasteiger charge is 2.18. The van der Waals surface area contributed by atoms with Crippen LogP contribution in [-0.2, 0) is 11.8 Å². The Labute approximate surface area is 186 Å². The van der Waals surface area contributed by atoms with Crippen molar-refractivity contribution >= 4 is 17.1 Å². The minimum Gasteiger partial charge on any atom is -0.465 e. The molecule has 5 aromatic rings. The molecule has 0 fully saturated rings. The van der Waals surface area contributed by atoms with Crippen molar-refractivity contribution in [3.8, 4) is 34.0 Å². The molecule has 9 heteroatoms. The molecule has 33 heavy (non-hydrogen) atoms. The van der Waals surface area contributed by atoms with Crippen LogP contribution in [0, 0.1) is 11.6 Å². The standard InChI is InChI=1S/C24H16F2N4O3/c1-30-12-27-29-22(30)17-9-15(25)6-7-16(17)13-4-3-5-14(8-13)23-28-20-10-18(24(31)32-2)19(26)11-21(20)33-23/h3-12H,1-2H3. The van der Waals surface area contributed by atoms with Gasteiger partial charge in [0.15, 0.2) is 11.4 Å². The first kappa shape index (κ1) is 20.5. The molecule has 3 aromatic carbocycles. The summed E-state index contributed by atoms with van der Waals surface area (Å²) in [4.78, 5) is 16.2. The molecule has 0 radical (unpaired) electrons. The fourth-order valence-corrected chi connectivity index (χ4v) is 3.64. The largest absolute Gasteiger partial charge is 0.465 e. The van der Waals surface area contributed by atoms with Crippen LogP contribution in [-0.4, -0.2) is 32.8 Å². The molecule has 0 saturated heterocycles. The van der Waals surface area contributed by atoms with Gasteiger partial charge >= 0.3 is 5.97 Å². The Kier molecular flexibility index (Phi) is 4.93. The number of esters is 1. The second-order valence-electron chi connectivity index (χ2n) is 7.35. The molecular weight excluding hydrogens is 430 g/mol. The first-order valence-electron chi connectivity index (χ1n) is 9.87. The van der Waals surface area contributed by atoms with E-state index in [9.17, 15) is 13.6 Å². The number of carbonyl (C=O) groups is 1. The second-order valence-corrected chi connectivity index (χ2v) is 7.35. The van der Waals surface area contributed by atoms with Gasteiger partial charge < -0.3 is 13.7 Å². The van der Waals surface area contributed by atoms with Crippen LogP contribution in [0.1, 0.15) is 10.4 Å². The van der Waals surface area contributed by atoms with Crippen LogP contribution in [0.2, 0.25) is 0 Å². The lowest BCUT2D eigenvalue weighted by molar-refractivity contribution is 0.0595. The number of methoxy groups -OCH3 is 1. The molecule has 0 aliphatic carbocycles. The number of benzene rings is 3. The lowest BCUT2D eigenvalue weighted by Gasteiger charge is -2.10. The number of hydrogen-bond donors (Lipinski definition) is 0. The molecule has 0 saturated carbocycles. The van der Waals surface area contributed by atoms with E-state index in [4.69, 9.17) is 4.42 Å². The highest BCUT2D eigenvalue weighted by atomic mass is 19.1. The SMILES string of the molecule is COC(=O)c1cc2nc(-c3cccc(-c4ccc(F)cc4-c4nncn4C)c3)oc2cc1F. The fraction of sp³-hybridized carbons (Fsp3) is 0.0833. The van der Waals surface area contributed by atoms with Crippen molar-refractivity contribution < 1.29 is 22.7 Å². The van der Waals surface area contributed by atoms with E-state index >= 15 is 0 Å². The number of carbonyl (C=O) groups excluding carboxylic acids is 1. The molecule has 2 heterocycles. The third-order valence-electron chi connectivity index (χ3n) is 5.24. The summed E-state index contributed by atoms with van der Waals surface area (Å²) in [5.74, 6) is -1.19. The third kappa shape index (κ3) is 3.63. The molecule has 7 nitrogen and oxygen atoms in total. The van der Waals surface area contributed by atoms with Crippen molar-refractivity contribution in [2.75, 3.05) is 7.11 Å². The van der Waals surface area contributed by atoms with Gasteiger partial charge in [-0.1, -0.05) is 18.2 Å². The summed E-state index contributed by atoms with van der Waals surface area (Å²) in [6, 6.07) is 14.1. The van der Waals surface area contributed by atoms with Crippen LogP contribution in [0.25, 0.3) is 45.1 Å². The van der Waals surface area contributed by atoms with Crippen molar-refractivity contribution in [2.45, 2.75) is 0 Å². The smallest absolute Gasteiger partial charge is 0.340 e. The van der Waals surface area contributed by atoms with Gasteiger partial charge in [0.05, 0.1) is 12.7 Å². The average Bonchev–Trinajstić information content (AvgIpc) is 3.43. The Bertz CT molecular complexity index is 1520. The van der Waals surface area contributed by atoms with E-state index in [1.807, 2.05) is 18.2 Å². The number of aryl methyl sites for hydroxylation is 1. The quantitative estimate of drug-likeness (QED) is 0.361. The van der Waals surface area contributed by atoms with Gasteiger partial charge in [-0.15, -0.1) is 10.2 Å². The van der Waals surface area contributed by atoms with Crippen LogP contribution in [0.4, 0.5) is 8.78 Å². The average molecular weight is 446 g/mol. The summed E-state index contributed by atoms with van der Waals surface area (Å²) in [5, 5.41) is 7.99. The molecule has 0 unspecified atom stereocenters. The van der Waals surface area contributed by atoms with Gasteiger partial charge in [-0.05, 0) is 41.5 Å². The van der Waals surface area contributed by atoms with Crippen molar-refractivity contribution in [1.82, 2.24) is 19.7 Å². The van der Waals surface area contributed by atoms with Gasteiger partial charge in [-0.3, -0.25) is 0 Å². The Hall–Kier alpha value is -4.40. The summed E-state index contributed by atoms with van der Waals surface area (Å²) in [6.45, 7) is 0. The first-order chi connectivity index (χ1) is 15.9. The van der Waals surface area contributed by atoms with Crippen LogP contribution in [0.3, 0.4) is 0 Å². The van der Waals surface area contributed by atoms with Crippen molar-refractivity contribution in [3.63, 3.8) is 0 Å². The van der Waals surface area contributed by atoms with Gasteiger partial charge in [-0.25, -0.2) is 18.6 Å². The molecule has 5 rings (SSSR count). The number of rotatable bonds is 4. The molecule has 0 spiro atoms. The van der Waals surface area contributed by atoms with E-state index in [2.05, 4.69) is 19.9 Å². The molecule has 0 atom stereocenters. The molecule has 164 valence electrons. The lowest BCUT2D eigenvalue weighted by atomic mass is 9.97. The third-order valence-corrected chi connectivity index (χ3v) is 5.24. The predicted octanol–water partition coefficient (Wildman–Crippen LogP) is 5.02. The van der Waals surface area contributed by atoms with Crippen LogP contribution >= 0.6 is 0 Å². The Morgan fingerprint density at radius 1 is 1.03 bits per heavy atom. The summed E-state index contributed by atoms with van der Waals surface area (Å²) < 4.78 is 40.4. The van der Waals surface area contributed by atoms with Gasteiger partial charge in [0, 0.05) is 24.2 Å². The van der Waals surface area contributed by atoms with Crippen LogP contribution in [0.5, 0.6) is 0 Å². The topological polar surface area (TPSA) is 83.0 Å². The first-order valence-corrected chi connectivity index (χ1v) is 9.87. The normalized spacial score (nSPS) is 11.2. The number of aromatic nitrogens is 4. The van der Waals surface area contributed by atoms with Crippen molar-refractivity contribution in [2.24, 2.45) is 7.05 Å². The Morgan fingerprint density at radius 3 is 2.61 bits per heavy atom. The zero-order valence-corrected chi connectivity index (χ0v) is 17.5. The summed E-state index contributed by atoms with van der Waals surface area (Å²) in [7, 11) is 2.96. The van der Waals surface area contributed by atoms with Gasteiger partial charge in [0.2, 0.25) is 5.89 Å². The van der Waals surface area contributed by atoms with Crippen LogP contribution < -0.4 is 0 Å². The van der Waals surface area contributed by atoms with Crippen LogP contribution in [0.15, 0.2) is 65.3 Å². The highest BCUT2D eigenvalue weighted by molar-refractivity contribution is 5.94. The number of hydrogen-bond acceptors (Lipinski definition) is 6. The monoisotopic (exact) mass is 446 g/mol. The van der Waals surface area contributed by atoms with Gasteiger partial charge in [-0.2, -0.15) is 0 Å². The minimum atomic E-state index is -0.798. The zero-order valence-electron chi connectivity index (χ0n) is 17.5. The van der Waals surface area contributed by atoms with Crippen molar-refractivity contribution in [3.05, 3.63) is 78.1 Å². The fourth-order valence-electron chi connectivity index (χ4n) is 3.64. The molecular formula is C24H16F2N4O3. The maximum Gasteiger partial charge on any atom is 0.340 e. The van der Waals surface area contributed by atoms with E-state index in [1.165, 1.54) is 25.3 Å². The maximum atomic E-state index is 14.3. The van der Waals surface area contributed by atoms with E-state index in [0.717, 1.165) is 17.2 Å². The molecule has 0 amide bonds. The number of fused-ring (bicyclic) bond motifs is 1. The predicted molar refractivity (Wildman–Crippen MR) is 116 cm³/mol. The highest BCUT2D eigenvalue weighted by Crippen LogP contribution is 2.34. The number of nitrogens with zero attached hydrogens (tertiary/aromatic N) is 4. The zero-order chi connectivity index (χ0) is 23.1.